The van der Waals surface area contributed by atoms with Gasteiger partial charge >= 0.3 is 0 Å². The van der Waals surface area contributed by atoms with Gasteiger partial charge < -0.3 is 10.1 Å². The van der Waals surface area contributed by atoms with Crippen LogP contribution in [0.25, 0.3) is 0 Å². The first-order valence-electron chi connectivity index (χ1n) is 6.05. The minimum Gasteiger partial charge on any atom is -0.383 e. The van der Waals surface area contributed by atoms with Crippen molar-refractivity contribution >= 4 is 17.5 Å². The smallest absolute Gasteiger partial charge is 0.251 e. The summed E-state index contributed by atoms with van der Waals surface area (Å²) in [6.45, 7) is 5.07. The van der Waals surface area contributed by atoms with E-state index in [1.807, 2.05) is 24.3 Å². The first-order valence-corrected chi connectivity index (χ1v) is 6.49. The van der Waals surface area contributed by atoms with Crippen LogP contribution >= 0.6 is 11.6 Å². The molecule has 1 rings (SSSR count). The van der Waals surface area contributed by atoms with Crippen LogP contribution in [-0.4, -0.2) is 31.5 Å². The summed E-state index contributed by atoms with van der Waals surface area (Å²) < 4.78 is 4.90. The number of methoxy groups -OCH3 is 1. The molecule has 0 saturated heterocycles. The predicted molar refractivity (Wildman–Crippen MR) is 74.4 cm³/mol. The Labute approximate surface area is 113 Å². The lowest BCUT2D eigenvalue weighted by Crippen LogP contribution is -2.31. The number of halogens is 1. The lowest BCUT2D eigenvalue weighted by molar-refractivity contribution is 0.0949. The van der Waals surface area contributed by atoms with Crippen molar-refractivity contribution in [2.45, 2.75) is 25.1 Å². The fourth-order valence-corrected chi connectivity index (χ4v) is 1.77. The third kappa shape index (κ3) is 4.67. The summed E-state index contributed by atoms with van der Waals surface area (Å²) in [6, 6.07) is 7.63. The molecule has 18 heavy (non-hydrogen) atoms. The van der Waals surface area contributed by atoms with E-state index in [4.69, 9.17) is 16.3 Å². The quantitative estimate of drug-likeness (QED) is 0.807. The number of hydrogen-bond acceptors (Lipinski definition) is 2. The Morgan fingerprint density at radius 1 is 1.33 bits per heavy atom. The highest BCUT2D eigenvalue weighted by atomic mass is 35.5. The van der Waals surface area contributed by atoms with Crippen LogP contribution in [0.1, 0.15) is 35.7 Å². The zero-order valence-electron chi connectivity index (χ0n) is 11.1. The molecule has 0 saturated carbocycles. The monoisotopic (exact) mass is 269 g/mol. The van der Waals surface area contributed by atoms with Gasteiger partial charge in [-0.3, -0.25) is 4.79 Å². The van der Waals surface area contributed by atoms with Crippen molar-refractivity contribution in [1.82, 2.24) is 5.32 Å². The third-order valence-electron chi connectivity index (χ3n) is 2.67. The van der Waals surface area contributed by atoms with Gasteiger partial charge in [0.15, 0.2) is 0 Å². The second-order valence-electron chi connectivity index (χ2n) is 4.54. The van der Waals surface area contributed by atoms with Crippen molar-refractivity contribution < 1.29 is 9.53 Å². The number of rotatable bonds is 6. The van der Waals surface area contributed by atoms with Crippen LogP contribution < -0.4 is 5.32 Å². The predicted octanol–water partition coefficient (Wildman–Crippen LogP) is 2.79. The molecule has 0 bridgehead atoms. The summed E-state index contributed by atoms with van der Waals surface area (Å²) >= 11 is 5.94. The van der Waals surface area contributed by atoms with E-state index in [1.54, 1.807) is 7.11 Å². The summed E-state index contributed by atoms with van der Waals surface area (Å²) in [5.41, 5.74) is 1.88. The van der Waals surface area contributed by atoms with E-state index < -0.39 is 0 Å². The molecule has 4 heteroatoms. The maximum absolute atomic E-state index is 11.8. The number of hydrogen-bond donors (Lipinski definition) is 1. The highest BCUT2D eigenvalue weighted by Gasteiger charge is 2.09. The van der Waals surface area contributed by atoms with Gasteiger partial charge in [-0.25, -0.2) is 0 Å². The van der Waals surface area contributed by atoms with E-state index in [0.717, 1.165) is 0 Å². The molecule has 0 fully saturated rings. The molecule has 1 amide bonds. The van der Waals surface area contributed by atoms with Crippen molar-refractivity contribution in [3.8, 4) is 0 Å². The Balaban J connectivity index is 2.51. The number of nitrogens with one attached hydrogen (secondary N) is 1. The minimum atomic E-state index is -0.200. The fourth-order valence-electron chi connectivity index (χ4n) is 1.56. The van der Waals surface area contributed by atoms with E-state index in [1.165, 1.54) is 5.56 Å². The first-order chi connectivity index (χ1) is 8.54. The number of alkyl halides is 1. The summed E-state index contributed by atoms with van der Waals surface area (Å²) in [6.07, 6.45) is 0. The molecule has 0 aliphatic rings. The molecule has 3 nitrogen and oxygen atoms in total. The third-order valence-corrected chi connectivity index (χ3v) is 2.95. The highest BCUT2D eigenvalue weighted by Crippen LogP contribution is 2.14. The Morgan fingerprint density at radius 3 is 2.44 bits per heavy atom. The Morgan fingerprint density at radius 2 is 1.94 bits per heavy atom. The molecule has 1 aromatic carbocycles. The zero-order chi connectivity index (χ0) is 13.5. The second kappa shape index (κ2) is 7.39. The molecule has 1 N–H and O–H groups in total. The van der Waals surface area contributed by atoms with Gasteiger partial charge in [0, 0.05) is 19.2 Å². The minimum absolute atomic E-state index is 0.105. The normalized spacial score (nSPS) is 12.5. The molecule has 0 heterocycles. The standard InChI is InChI=1S/C14H20ClNO2/c1-10(2)11-4-6-12(7-5-11)14(17)16-8-13(15)9-18-3/h4-7,10,13H,8-9H2,1-3H3,(H,16,17). The maximum Gasteiger partial charge on any atom is 0.251 e. The van der Waals surface area contributed by atoms with Crippen LogP contribution in [0.2, 0.25) is 0 Å². The molecule has 0 radical (unpaired) electrons. The average molecular weight is 270 g/mol. The Bertz CT molecular complexity index is 376. The van der Waals surface area contributed by atoms with Gasteiger partial charge in [-0.2, -0.15) is 0 Å². The number of carbonyl (C=O) groups excluding carboxylic acids is 1. The zero-order valence-corrected chi connectivity index (χ0v) is 11.8. The maximum atomic E-state index is 11.8. The van der Waals surface area contributed by atoms with Crippen LogP contribution in [-0.2, 0) is 4.74 Å². The summed E-state index contributed by atoms with van der Waals surface area (Å²) in [4.78, 5) is 11.8. The fraction of sp³-hybridized carbons (Fsp3) is 0.500. The van der Waals surface area contributed by atoms with E-state index in [0.29, 0.717) is 24.6 Å². The van der Waals surface area contributed by atoms with Gasteiger partial charge in [-0.15, -0.1) is 11.6 Å². The molecule has 1 atom stereocenters. The van der Waals surface area contributed by atoms with Gasteiger partial charge in [0.25, 0.3) is 5.91 Å². The van der Waals surface area contributed by atoms with Crippen molar-refractivity contribution in [1.29, 1.82) is 0 Å². The van der Waals surface area contributed by atoms with Crippen LogP contribution in [0.3, 0.4) is 0 Å². The second-order valence-corrected chi connectivity index (χ2v) is 5.16. The molecule has 0 spiro atoms. The van der Waals surface area contributed by atoms with Gasteiger partial charge in [-0.05, 0) is 23.6 Å². The molecule has 1 unspecified atom stereocenters. The van der Waals surface area contributed by atoms with Crippen LogP contribution in [0.15, 0.2) is 24.3 Å². The van der Waals surface area contributed by atoms with Crippen molar-refractivity contribution in [3.05, 3.63) is 35.4 Å². The summed E-state index contributed by atoms with van der Waals surface area (Å²) in [7, 11) is 1.59. The van der Waals surface area contributed by atoms with E-state index >= 15 is 0 Å². The highest BCUT2D eigenvalue weighted by molar-refractivity contribution is 6.21. The van der Waals surface area contributed by atoms with Crippen LogP contribution in [0.4, 0.5) is 0 Å². The summed E-state index contributed by atoms with van der Waals surface area (Å²) in [5, 5.41) is 2.58. The molecular formula is C14H20ClNO2. The van der Waals surface area contributed by atoms with Gasteiger partial charge in [0.05, 0.1) is 12.0 Å². The molecule has 0 aliphatic carbocycles. The van der Waals surface area contributed by atoms with Crippen molar-refractivity contribution in [3.63, 3.8) is 0 Å². The topological polar surface area (TPSA) is 38.3 Å². The van der Waals surface area contributed by atoms with E-state index in [-0.39, 0.29) is 11.3 Å². The average Bonchev–Trinajstić information content (AvgIpc) is 2.36. The number of amides is 1. The molecular weight excluding hydrogens is 250 g/mol. The number of ether oxygens (including phenoxy) is 1. The Kier molecular flexibility index (Phi) is 6.16. The van der Waals surface area contributed by atoms with Crippen LogP contribution in [0.5, 0.6) is 0 Å². The van der Waals surface area contributed by atoms with Crippen molar-refractivity contribution in [2.75, 3.05) is 20.3 Å². The first kappa shape index (κ1) is 15.0. The number of carbonyl (C=O) groups is 1. The van der Waals surface area contributed by atoms with E-state index in [2.05, 4.69) is 19.2 Å². The largest absolute Gasteiger partial charge is 0.383 e. The lowest BCUT2D eigenvalue weighted by atomic mass is 10.0. The molecule has 100 valence electrons. The Hall–Kier alpha value is -1.06. The molecule has 1 aromatic rings. The summed E-state index contributed by atoms with van der Waals surface area (Å²) in [5.74, 6) is 0.364. The van der Waals surface area contributed by atoms with Gasteiger partial charge in [-0.1, -0.05) is 26.0 Å². The lowest BCUT2D eigenvalue weighted by Gasteiger charge is -2.10. The van der Waals surface area contributed by atoms with E-state index in [9.17, 15) is 4.79 Å². The number of benzene rings is 1. The van der Waals surface area contributed by atoms with Gasteiger partial charge in [0.2, 0.25) is 0 Å². The van der Waals surface area contributed by atoms with Crippen LogP contribution in [0, 0.1) is 0 Å². The molecule has 0 aliphatic heterocycles. The SMILES string of the molecule is COCC(Cl)CNC(=O)c1ccc(C(C)C)cc1. The molecule has 0 aromatic heterocycles. The van der Waals surface area contributed by atoms with Gasteiger partial charge in [0.1, 0.15) is 0 Å². The van der Waals surface area contributed by atoms with Crippen molar-refractivity contribution in [2.24, 2.45) is 0 Å².